The van der Waals surface area contributed by atoms with Gasteiger partial charge in [-0.25, -0.2) is 16.8 Å². The highest BCUT2D eigenvalue weighted by molar-refractivity contribution is 7.93. The van der Waals surface area contributed by atoms with Crippen LogP contribution in [0.15, 0.2) is 101 Å². The number of alkyl halides is 3. The van der Waals surface area contributed by atoms with Gasteiger partial charge >= 0.3 is 6.18 Å². The highest BCUT2D eigenvalue weighted by atomic mass is 35.5. The number of carbonyl (C=O) groups is 1. The third-order valence-electron chi connectivity index (χ3n) is 6.25. The van der Waals surface area contributed by atoms with Crippen LogP contribution in [0.3, 0.4) is 0 Å². The van der Waals surface area contributed by atoms with Crippen molar-refractivity contribution < 1.29 is 34.8 Å². The molecule has 0 spiro atoms. The van der Waals surface area contributed by atoms with Gasteiger partial charge in [0.1, 0.15) is 6.54 Å². The third kappa shape index (κ3) is 7.48. The molecule has 0 heterocycles. The summed E-state index contributed by atoms with van der Waals surface area (Å²) in [5.41, 5.74) is 0.403. The molecule has 0 bridgehead atoms. The summed E-state index contributed by atoms with van der Waals surface area (Å²) >= 11 is 5.60. The zero-order valence-electron chi connectivity index (χ0n) is 22.7. The maximum absolute atomic E-state index is 13.6. The molecular formula is C29H25ClF3N3O5S2. The normalized spacial score (nSPS) is 12.0. The van der Waals surface area contributed by atoms with Crippen LogP contribution in [0.1, 0.15) is 16.7 Å². The Kier molecular flexibility index (Phi) is 9.09. The average Bonchev–Trinajstić information content (AvgIpc) is 2.93. The molecule has 4 aromatic carbocycles. The van der Waals surface area contributed by atoms with Crippen LogP contribution in [0.5, 0.6) is 0 Å². The van der Waals surface area contributed by atoms with E-state index in [-0.39, 0.29) is 21.2 Å². The summed E-state index contributed by atoms with van der Waals surface area (Å²) in [6, 6.07) is 20.3. The summed E-state index contributed by atoms with van der Waals surface area (Å²) in [5.74, 6) is -0.700. The van der Waals surface area contributed by atoms with Crippen molar-refractivity contribution in [3.05, 3.63) is 113 Å². The Labute approximate surface area is 252 Å². The first-order chi connectivity index (χ1) is 20.1. The molecule has 0 saturated carbocycles. The first kappa shape index (κ1) is 31.9. The maximum atomic E-state index is 13.6. The van der Waals surface area contributed by atoms with Gasteiger partial charge in [0.2, 0.25) is 5.91 Å². The Morgan fingerprint density at radius 2 is 1.40 bits per heavy atom. The van der Waals surface area contributed by atoms with E-state index >= 15 is 0 Å². The van der Waals surface area contributed by atoms with E-state index in [2.05, 4.69) is 10.0 Å². The number of para-hydroxylation sites is 1. The van der Waals surface area contributed by atoms with Crippen LogP contribution in [0.2, 0.25) is 5.02 Å². The van der Waals surface area contributed by atoms with E-state index < -0.39 is 49.3 Å². The van der Waals surface area contributed by atoms with Crippen molar-refractivity contribution in [3.63, 3.8) is 0 Å². The summed E-state index contributed by atoms with van der Waals surface area (Å²) in [6.07, 6.45) is -4.79. The fraction of sp³-hybridized carbons (Fsp3) is 0.138. The number of amides is 1. The lowest BCUT2D eigenvalue weighted by molar-refractivity contribution is -0.137. The number of aryl methyl sites for hydroxylation is 2. The largest absolute Gasteiger partial charge is 0.417 e. The minimum absolute atomic E-state index is 0.000690. The Balaban J connectivity index is 1.53. The molecule has 0 unspecified atom stereocenters. The molecule has 0 aliphatic rings. The fourth-order valence-electron chi connectivity index (χ4n) is 4.05. The van der Waals surface area contributed by atoms with E-state index in [1.165, 1.54) is 24.3 Å². The van der Waals surface area contributed by atoms with Gasteiger partial charge in [-0.15, -0.1) is 0 Å². The van der Waals surface area contributed by atoms with E-state index in [9.17, 15) is 34.8 Å². The number of nitrogens with one attached hydrogen (secondary N) is 2. The zero-order valence-corrected chi connectivity index (χ0v) is 25.1. The molecule has 0 aromatic heterocycles. The molecule has 4 aromatic rings. The molecule has 8 nitrogen and oxygen atoms in total. The maximum Gasteiger partial charge on any atom is 0.417 e. The molecule has 0 saturated heterocycles. The molecule has 0 aliphatic carbocycles. The fourth-order valence-corrected chi connectivity index (χ4v) is 6.81. The zero-order chi connectivity index (χ0) is 31.6. The Bertz CT molecular complexity index is 1870. The number of sulfonamides is 2. The van der Waals surface area contributed by atoms with E-state index in [4.69, 9.17) is 11.6 Å². The number of rotatable bonds is 9. The van der Waals surface area contributed by atoms with Crippen molar-refractivity contribution in [1.29, 1.82) is 0 Å². The van der Waals surface area contributed by atoms with Crippen LogP contribution >= 0.6 is 11.6 Å². The van der Waals surface area contributed by atoms with Crippen LogP contribution in [-0.4, -0.2) is 29.3 Å². The van der Waals surface area contributed by atoms with Crippen LogP contribution in [0, 0.1) is 13.8 Å². The highest BCUT2D eigenvalue weighted by Gasteiger charge is 2.34. The summed E-state index contributed by atoms with van der Waals surface area (Å²) in [4.78, 5) is 12.8. The molecule has 14 heteroatoms. The van der Waals surface area contributed by atoms with E-state index in [1.54, 1.807) is 43.3 Å². The lowest BCUT2D eigenvalue weighted by Crippen LogP contribution is -2.38. The highest BCUT2D eigenvalue weighted by Crippen LogP contribution is 2.36. The molecule has 2 N–H and O–H groups in total. The van der Waals surface area contributed by atoms with Crippen LogP contribution in [0.25, 0.3) is 0 Å². The minimum atomic E-state index is -4.79. The standard InChI is InChI=1S/C29H25ClF3N3O5S2/c1-19-7-12-24(13-8-19)43(40,41)36(27-6-4-3-5-20(27)2)18-28(37)34-21-9-14-23(15-10-21)42(38,39)35-22-11-16-26(30)25(17-22)29(31,32)33/h3-17,35H,18H2,1-2H3,(H,34,37). The van der Waals surface area contributed by atoms with Crippen LogP contribution in [-0.2, 0) is 31.0 Å². The minimum Gasteiger partial charge on any atom is -0.325 e. The van der Waals surface area contributed by atoms with Gasteiger partial charge in [-0.05, 0) is 80.1 Å². The first-order valence-corrected chi connectivity index (χ1v) is 15.8. The van der Waals surface area contributed by atoms with Crippen molar-refractivity contribution in [1.82, 2.24) is 0 Å². The van der Waals surface area contributed by atoms with Gasteiger partial charge < -0.3 is 5.32 Å². The Morgan fingerprint density at radius 3 is 2.00 bits per heavy atom. The SMILES string of the molecule is Cc1ccc(S(=O)(=O)N(CC(=O)Nc2ccc(S(=O)(=O)Nc3ccc(Cl)c(C(F)(F)F)c3)cc2)c2ccccc2C)cc1. The summed E-state index contributed by atoms with van der Waals surface area (Å²) < 4.78 is 95.3. The average molecular weight is 652 g/mol. The molecule has 0 radical (unpaired) electrons. The molecule has 0 fully saturated rings. The predicted molar refractivity (Wildman–Crippen MR) is 159 cm³/mol. The second-order valence-corrected chi connectivity index (χ2v) is 13.4. The van der Waals surface area contributed by atoms with Crippen molar-refractivity contribution in [2.24, 2.45) is 0 Å². The first-order valence-electron chi connectivity index (χ1n) is 12.5. The number of halogens is 4. The quantitative estimate of drug-likeness (QED) is 0.212. The van der Waals surface area contributed by atoms with Gasteiger partial charge in [0, 0.05) is 11.4 Å². The number of carbonyl (C=O) groups excluding carboxylic acids is 1. The number of anilines is 3. The van der Waals surface area contributed by atoms with Gasteiger partial charge in [-0.3, -0.25) is 13.8 Å². The van der Waals surface area contributed by atoms with E-state index in [1.807, 2.05) is 6.92 Å². The molecule has 0 atom stereocenters. The molecule has 4 rings (SSSR count). The monoisotopic (exact) mass is 651 g/mol. The van der Waals surface area contributed by atoms with Crippen molar-refractivity contribution in [2.45, 2.75) is 29.8 Å². The van der Waals surface area contributed by atoms with Crippen molar-refractivity contribution in [2.75, 3.05) is 20.9 Å². The lowest BCUT2D eigenvalue weighted by atomic mass is 10.2. The Morgan fingerprint density at radius 1 is 0.814 bits per heavy atom. The van der Waals surface area contributed by atoms with Gasteiger partial charge in [-0.1, -0.05) is 47.5 Å². The topological polar surface area (TPSA) is 113 Å². The van der Waals surface area contributed by atoms with Crippen molar-refractivity contribution >= 4 is 54.6 Å². The third-order valence-corrected chi connectivity index (χ3v) is 9.75. The summed E-state index contributed by atoms with van der Waals surface area (Å²) in [5, 5.41) is 1.97. The van der Waals surface area contributed by atoms with Gasteiger partial charge in [0.05, 0.1) is 26.1 Å². The van der Waals surface area contributed by atoms with Crippen LogP contribution < -0.4 is 14.3 Å². The summed E-state index contributed by atoms with van der Waals surface area (Å²) in [6.45, 7) is 2.95. The second-order valence-electron chi connectivity index (χ2n) is 9.48. The van der Waals surface area contributed by atoms with Gasteiger partial charge in [-0.2, -0.15) is 13.2 Å². The molecule has 43 heavy (non-hydrogen) atoms. The molecule has 0 aliphatic heterocycles. The number of benzene rings is 4. The number of hydrogen-bond acceptors (Lipinski definition) is 5. The second kappa shape index (κ2) is 12.3. The lowest BCUT2D eigenvalue weighted by Gasteiger charge is -2.25. The molecule has 226 valence electrons. The summed E-state index contributed by atoms with van der Waals surface area (Å²) in [7, 11) is -8.45. The number of nitrogens with zero attached hydrogens (tertiary/aromatic N) is 1. The van der Waals surface area contributed by atoms with Gasteiger partial charge in [0.25, 0.3) is 20.0 Å². The predicted octanol–water partition coefficient (Wildman–Crippen LogP) is 6.61. The van der Waals surface area contributed by atoms with Gasteiger partial charge in [0.15, 0.2) is 0 Å². The van der Waals surface area contributed by atoms with E-state index in [0.717, 1.165) is 34.1 Å². The number of hydrogen-bond donors (Lipinski definition) is 2. The van der Waals surface area contributed by atoms with E-state index in [0.29, 0.717) is 17.3 Å². The van der Waals surface area contributed by atoms with Crippen molar-refractivity contribution in [3.8, 4) is 0 Å². The molecule has 1 amide bonds. The smallest absolute Gasteiger partial charge is 0.325 e. The Hall–Kier alpha value is -4.07. The molecular weight excluding hydrogens is 627 g/mol. The van der Waals surface area contributed by atoms with Crippen LogP contribution in [0.4, 0.5) is 30.2 Å².